The third-order valence-electron chi connectivity index (χ3n) is 7.52. The van der Waals surface area contributed by atoms with Gasteiger partial charge >= 0.3 is 0 Å². The molecule has 0 aromatic heterocycles. The van der Waals surface area contributed by atoms with Crippen molar-refractivity contribution >= 4 is 15.9 Å². The molecule has 0 bridgehead atoms. The Morgan fingerprint density at radius 3 is 2.76 bits per heavy atom. The lowest BCUT2D eigenvalue weighted by Crippen LogP contribution is -2.50. The van der Waals surface area contributed by atoms with E-state index < -0.39 is 0 Å². The van der Waals surface area contributed by atoms with Crippen molar-refractivity contribution in [2.75, 3.05) is 0 Å². The first-order chi connectivity index (χ1) is 9.96. The summed E-state index contributed by atoms with van der Waals surface area (Å²) in [6, 6.07) is 0. The van der Waals surface area contributed by atoms with Crippen molar-refractivity contribution in [3.63, 3.8) is 0 Å². The molecule has 6 atom stereocenters. The topological polar surface area (TPSA) is 20.2 Å². The summed E-state index contributed by atoms with van der Waals surface area (Å²) < 4.78 is 1.13. The lowest BCUT2D eigenvalue weighted by Gasteiger charge is -2.58. The van der Waals surface area contributed by atoms with E-state index in [9.17, 15) is 5.11 Å². The fourth-order valence-electron chi connectivity index (χ4n) is 6.28. The molecule has 0 aromatic carbocycles. The highest BCUT2D eigenvalue weighted by Crippen LogP contribution is 2.64. The van der Waals surface area contributed by atoms with E-state index in [4.69, 9.17) is 0 Å². The Morgan fingerprint density at radius 1 is 1.14 bits per heavy atom. The molecule has 1 N–H and O–H groups in total. The fourth-order valence-corrected chi connectivity index (χ4v) is 7.16. The Balaban J connectivity index is 1.71. The van der Waals surface area contributed by atoms with Gasteiger partial charge < -0.3 is 5.11 Å². The summed E-state index contributed by atoms with van der Waals surface area (Å²) in [4.78, 5) is 0. The monoisotopic (exact) mass is 350 g/mol. The second kappa shape index (κ2) is 4.71. The minimum absolute atomic E-state index is 0.244. The Hall–Kier alpha value is -0.0800. The Kier molecular flexibility index (Phi) is 3.25. The van der Waals surface area contributed by atoms with Gasteiger partial charge in [-0.05, 0) is 73.5 Å². The van der Waals surface area contributed by atoms with Crippen LogP contribution in [0.1, 0.15) is 58.8 Å². The maximum Gasteiger partial charge on any atom is 0.0854 e. The fraction of sp³-hybridized carbons (Fsp3) is 0.789. The van der Waals surface area contributed by atoms with Gasteiger partial charge in [-0.1, -0.05) is 47.5 Å². The molecular formula is C19H27BrO. The van der Waals surface area contributed by atoms with Gasteiger partial charge in [0.2, 0.25) is 0 Å². The van der Waals surface area contributed by atoms with Crippen molar-refractivity contribution in [1.29, 1.82) is 0 Å². The van der Waals surface area contributed by atoms with Crippen LogP contribution in [0.3, 0.4) is 0 Å². The maximum absolute atomic E-state index is 10.2. The van der Waals surface area contributed by atoms with Gasteiger partial charge in [0.05, 0.1) is 6.10 Å². The summed E-state index contributed by atoms with van der Waals surface area (Å²) in [6.45, 7) is 4.99. The second-order valence-corrected chi connectivity index (χ2v) is 9.25. The lowest BCUT2D eigenvalue weighted by atomic mass is 9.47. The van der Waals surface area contributed by atoms with E-state index in [0.717, 1.165) is 28.7 Å². The highest BCUT2D eigenvalue weighted by Gasteiger charge is 2.55. The van der Waals surface area contributed by atoms with Crippen molar-refractivity contribution in [2.45, 2.75) is 64.9 Å². The highest BCUT2D eigenvalue weighted by atomic mass is 79.9. The summed E-state index contributed by atoms with van der Waals surface area (Å²) in [5.74, 6) is 2.60. The molecular weight excluding hydrogens is 324 g/mol. The molecule has 0 spiro atoms. The lowest BCUT2D eigenvalue weighted by molar-refractivity contribution is -0.0313. The standard InChI is InChI=1S/C19H27BrO/c1-18-9-3-4-13(18)12-5-6-15-17(20)16(21)8-11-19(15,2)14(12)7-10-18/h3,9,12-14,16,21H,4-8,10-11H2,1-2H3/t12?,13?,14?,16?,18-,19+/m0/s1. The van der Waals surface area contributed by atoms with E-state index >= 15 is 0 Å². The SMILES string of the molecule is C[C@@]12C=CCC1C1CCC3=C(Br)C(O)CC[C@]3(C)C1CC2. The molecule has 116 valence electrons. The molecule has 0 amide bonds. The minimum Gasteiger partial charge on any atom is -0.388 e. The normalized spacial score (nSPS) is 52.4. The van der Waals surface area contributed by atoms with E-state index in [0.29, 0.717) is 10.8 Å². The Morgan fingerprint density at radius 2 is 1.95 bits per heavy atom. The van der Waals surface area contributed by atoms with Crippen LogP contribution in [-0.4, -0.2) is 11.2 Å². The number of halogens is 1. The van der Waals surface area contributed by atoms with Crippen LogP contribution in [0.4, 0.5) is 0 Å². The molecule has 0 saturated heterocycles. The van der Waals surface area contributed by atoms with Crippen LogP contribution in [0.15, 0.2) is 22.2 Å². The van der Waals surface area contributed by atoms with Gasteiger partial charge in [0.25, 0.3) is 0 Å². The summed E-state index contributed by atoms with van der Waals surface area (Å²) in [7, 11) is 0. The van der Waals surface area contributed by atoms with E-state index in [-0.39, 0.29) is 6.10 Å². The van der Waals surface area contributed by atoms with Crippen molar-refractivity contribution in [3.8, 4) is 0 Å². The smallest absolute Gasteiger partial charge is 0.0854 e. The number of aliphatic hydroxyl groups excluding tert-OH is 1. The third kappa shape index (κ3) is 1.91. The molecule has 4 aliphatic carbocycles. The zero-order chi connectivity index (χ0) is 14.8. The number of allylic oxidation sites excluding steroid dienone is 3. The van der Waals surface area contributed by atoms with Crippen LogP contribution < -0.4 is 0 Å². The predicted octanol–water partition coefficient (Wildman–Crippen LogP) is 5.20. The van der Waals surface area contributed by atoms with Gasteiger partial charge in [0.15, 0.2) is 0 Å². The average molecular weight is 351 g/mol. The molecule has 21 heavy (non-hydrogen) atoms. The first-order valence-electron chi connectivity index (χ1n) is 8.70. The molecule has 4 rings (SSSR count). The second-order valence-electron chi connectivity index (χ2n) is 8.40. The van der Waals surface area contributed by atoms with Crippen molar-refractivity contribution in [3.05, 3.63) is 22.2 Å². The first-order valence-corrected chi connectivity index (χ1v) is 9.50. The third-order valence-corrected chi connectivity index (χ3v) is 8.52. The molecule has 4 aliphatic rings. The first kappa shape index (κ1) is 14.5. The van der Waals surface area contributed by atoms with Gasteiger partial charge in [-0.15, -0.1) is 0 Å². The number of hydrogen-bond acceptors (Lipinski definition) is 1. The summed E-state index contributed by atoms with van der Waals surface area (Å²) in [5.41, 5.74) is 2.37. The maximum atomic E-state index is 10.2. The van der Waals surface area contributed by atoms with Crippen molar-refractivity contribution < 1.29 is 5.11 Å². The molecule has 0 aliphatic heterocycles. The summed E-state index contributed by atoms with van der Waals surface area (Å²) >= 11 is 3.73. The number of rotatable bonds is 0. The van der Waals surface area contributed by atoms with Crippen LogP contribution in [0.5, 0.6) is 0 Å². The number of aliphatic hydroxyl groups is 1. The number of fused-ring (bicyclic) bond motifs is 5. The van der Waals surface area contributed by atoms with Gasteiger partial charge in [0, 0.05) is 4.48 Å². The van der Waals surface area contributed by atoms with Crippen LogP contribution in [-0.2, 0) is 0 Å². The highest BCUT2D eigenvalue weighted by molar-refractivity contribution is 9.11. The summed E-state index contributed by atoms with van der Waals surface area (Å²) in [6.07, 6.45) is 13.4. The quantitative estimate of drug-likeness (QED) is 0.595. The molecule has 0 radical (unpaired) electrons. The molecule has 2 heteroatoms. The molecule has 0 aromatic rings. The largest absolute Gasteiger partial charge is 0.388 e. The van der Waals surface area contributed by atoms with Crippen molar-refractivity contribution in [2.24, 2.45) is 28.6 Å². The minimum atomic E-state index is -0.244. The van der Waals surface area contributed by atoms with Crippen molar-refractivity contribution in [1.82, 2.24) is 0 Å². The molecule has 2 fully saturated rings. The van der Waals surface area contributed by atoms with Gasteiger partial charge in [0.1, 0.15) is 0 Å². The van der Waals surface area contributed by atoms with E-state index in [2.05, 4.69) is 41.9 Å². The van der Waals surface area contributed by atoms with Crippen LogP contribution in [0.2, 0.25) is 0 Å². The van der Waals surface area contributed by atoms with E-state index in [1.807, 2.05) is 0 Å². The zero-order valence-corrected chi connectivity index (χ0v) is 14.8. The van der Waals surface area contributed by atoms with Crippen LogP contribution in [0, 0.1) is 28.6 Å². The predicted molar refractivity (Wildman–Crippen MR) is 90.1 cm³/mol. The summed E-state index contributed by atoms with van der Waals surface area (Å²) in [5, 5.41) is 10.2. The van der Waals surface area contributed by atoms with E-state index in [1.165, 1.54) is 38.5 Å². The molecule has 2 saturated carbocycles. The Labute approximate surface area is 137 Å². The van der Waals surface area contributed by atoms with Gasteiger partial charge in [-0.2, -0.15) is 0 Å². The van der Waals surface area contributed by atoms with Gasteiger partial charge in [-0.3, -0.25) is 0 Å². The molecule has 0 heterocycles. The number of hydrogen-bond donors (Lipinski definition) is 1. The molecule has 4 unspecified atom stereocenters. The van der Waals surface area contributed by atoms with E-state index in [1.54, 1.807) is 5.57 Å². The average Bonchev–Trinajstić information content (AvgIpc) is 2.85. The molecule has 1 nitrogen and oxygen atoms in total. The van der Waals surface area contributed by atoms with Gasteiger partial charge in [-0.25, -0.2) is 0 Å². The zero-order valence-electron chi connectivity index (χ0n) is 13.2. The Bertz CT molecular complexity index is 522. The van der Waals surface area contributed by atoms with Crippen LogP contribution in [0.25, 0.3) is 0 Å². The van der Waals surface area contributed by atoms with Crippen LogP contribution >= 0.6 is 15.9 Å².